The number of carbonyl (C=O) groups is 1. The first kappa shape index (κ1) is 82.7. The molecule has 0 aliphatic heterocycles. The summed E-state index contributed by atoms with van der Waals surface area (Å²) in [5.41, 5.74) is 0. The molecule has 1 amide bonds. The number of aliphatic hydroxyl groups excluding tert-OH is 1. The molecule has 0 saturated carbocycles. The third-order valence-electron chi connectivity index (χ3n) is 16.4. The van der Waals surface area contributed by atoms with Crippen molar-refractivity contribution in [2.24, 2.45) is 0 Å². The summed E-state index contributed by atoms with van der Waals surface area (Å²) in [6, 6.07) is -0.806. The molecule has 0 aromatic rings. The molecule has 0 aromatic carbocycles. The van der Waals surface area contributed by atoms with Crippen molar-refractivity contribution >= 4 is 13.7 Å². The fraction of sp³-hybridized carbons (Fsp3) is 0.803. The quantitative estimate of drug-likeness (QED) is 0.0272. The summed E-state index contributed by atoms with van der Waals surface area (Å²) in [6.07, 6.45) is 93.8. The first-order valence-electron chi connectivity index (χ1n) is 36.4. The van der Waals surface area contributed by atoms with Crippen molar-refractivity contribution in [3.8, 4) is 0 Å². The van der Waals surface area contributed by atoms with Gasteiger partial charge >= 0.3 is 0 Å². The summed E-state index contributed by atoms with van der Waals surface area (Å²) in [6.45, 7) is 4.65. The molecule has 0 aromatic heterocycles. The number of allylic oxidation sites excluding steroid dienone is 14. The molecule has 0 heterocycles. The zero-order valence-electron chi connectivity index (χ0n) is 56.8. The van der Waals surface area contributed by atoms with Crippen molar-refractivity contribution in [3.05, 3.63) is 85.1 Å². The van der Waals surface area contributed by atoms with E-state index in [0.717, 1.165) is 83.5 Å². The first-order valence-corrected chi connectivity index (χ1v) is 37.9. The smallest absolute Gasteiger partial charge is 0.268 e. The molecule has 85 heavy (non-hydrogen) atoms. The van der Waals surface area contributed by atoms with Gasteiger partial charge in [0.1, 0.15) is 13.2 Å². The molecular formula is C76H141N2O6P. The number of hydrogen-bond acceptors (Lipinski definition) is 6. The van der Waals surface area contributed by atoms with E-state index in [1.807, 2.05) is 21.1 Å². The van der Waals surface area contributed by atoms with Crippen LogP contribution < -0.4 is 10.2 Å². The largest absolute Gasteiger partial charge is 0.756 e. The van der Waals surface area contributed by atoms with Gasteiger partial charge < -0.3 is 28.8 Å². The van der Waals surface area contributed by atoms with Crippen LogP contribution in [0.4, 0.5) is 0 Å². The van der Waals surface area contributed by atoms with Crippen molar-refractivity contribution in [3.63, 3.8) is 0 Å². The number of phosphoric acid groups is 1. The van der Waals surface area contributed by atoms with Gasteiger partial charge in [-0.25, -0.2) is 0 Å². The van der Waals surface area contributed by atoms with Crippen LogP contribution in [0, 0.1) is 0 Å². The predicted molar refractivity (Wildman–Crippen MR) is 371 cm³/mol. The fourth-order valence-corrected chi connectivity index (χ4v) is 11.5. The fourth-order valence-electron chi connectivity index (χ4n) is 10.8. The lowest BCUT2D eigenvalue weighted by atomic mass is 10.0. The van der Waals surface area contributed by atoms with Crippen LogP contribution in [0.5, 0.6) is 0 Å². The number of likely N-dealkylation sites (N-methyl/N-ethyl adjacent to an activating group) is 1. The molecule has 0 radical (unpaired) electrons. The van der Waals surface area contributed by atoms with Gasteiger partial charge in [0, 0.05) is 6.42 Å². The van der Waals surface area contributed by atoms with E-state index in [0.29, 0.717) is 23.9 Å². The molecule has 0 aliphatic carbocycles. The number of rotatable bonds is 67. The minimum atomic E-state index is -4.58. The Kier molecular flexibility index (Phi) is 64.3. The number of nitrogens with zero attached hydrogens (tertiary/aromatic N) is 1. The molecule has 3 atom stereocenters. The lowest BCUT2D eigenvalue weighted by Gasteiger charge is -2.30. The van der Waals surface area contributed by atoms with Crippen molar-refractivity contribution in [1.82, 2.24) is 5.32 Å². The van der Waals surface area contributed by atoms with Crippen LogP contribution in [-0.2, 0) is 18.4 Å². The Morgan fingerprint density at radius 1 is 0.424 bits per heavy atom. The van der Waals surface area contributed by atoms with E-state index in [4.69, 9.17) is 9.05 Å². The summed E-state index contributed by atoms with van der Waals surface area (Å²) < 4.78 is 23.6. The number of amides is 1. The second-order valence-corrected chi connectivity index (χ2v) is 27.3. The van der Waals surface area contributed by atoms with Crippen LogP contribution in [0.15, 0.2) is 85.1 Å². The monoisotopic (exact) mass is 1210 g/mol. The Bertz CT molecular complexity index is 1660. The van der Waals surface area contributed by atoms with Crippen LogP contribution >= 0.6 is 7.82 Å². The third-order valence-corrected chi connectivity index (χ3v) is 17.4. The normalized spacial score (nSPS) is 14.1. The molecule has 0 bridgehead atoms. The maximum Gasteiger partial charge on any atom is 0.268 e. The number of quaternary nitrogens is 1. The number of hydrogen-bond donors (Lipinski definition) is 2. The average Bonchev–Trinajstić information content (AvgIpc) is 3.49. The van der Waals surface area contributed by atoms with E-state index in [9.17, 15) is 19.4 Å². The van der Waals surface area contributed by atoms with Gasteiger partial charge in [-0.15, -0.1) is 0 Å². The van der Waals surface area contributed by atoms with Crippen LogP contribution in [0.1, 0.15) is 341 Å². The van der Waals surface area contributed by atoms with Crippen LogP contribution in [0.2, 0.25) is 0 Å². The van der Waals surface area contributed by atoms with E-state index < -0.39 is 20.0 Å². The highest BCUT2D eigenvalue weighted by Crippen LogP contribution is 2.38. The highest BCUT2D eigenvalue weighted by atomic mass is 31.2. The topological polar surface area (TPSA) is 108 Å². The van der Waals surface area contributed by atoms with E-state index in [1.54, 1.807) is 0 Å². The molecule has 0 fully saturated rings. The highest BCUT2D eigenvalue weighted by molar-refractivity contribution is 7.45. The van der Waals surface area contributed by atoms with Gasteiger partial charge in [-0.05, 0) is 70.6 Å². The molecule has 9 heteroatoms. The second-order valence-electron chi connectivity index (χ2n) is 25.9. The Morgan fingerprint density at radius 3 is 1.05 bits per heavy atom. The first-order chi connectivity index (χ1) is 41.5. The van der Waals surface area contributed by atoms with E-state index in [2.05, 4.69) is 104 Å². The Balaban J connectivity index is 4.01. The summed E-state index contributed by atoms with van der Waals surface area (Å²) in [5, 5.41) is 14.1. The summed E-state index contributed by atoms with van der Waals surface area (Å²) >= 11 is 0. The van der Waals surface area contributed by atoms with Gasteiger partial charge in [-0.2, -0.15) is 0 Å². The lowest BCUT2D eigenvalue weighted by Crippen LogP contribution is -2.46. The maximum absolute atomic E-state index is 13.1. The summed E-state index contributed by atoms with van der Waals surface area (Å²) in [5.74, 6) is -0.162. The Labute approximate surface area is 528 Å². The zero-order valence-corrected chi connectivity index (χ0v) is 57.7. The van der Waals surface area contributed by atoms with Crippen molar-refractivity contribution < 1.29 is 32.9 Å². The van der Waals surface area contributed by atoms with E-state index in [1.165, 1.54) is 231 Å². The van der Waals surface area contributed by atoms with Crippen LogP contribution in [0.3, 0.4) is 0 Å². The third kappa shape index (κ3) is 69.0. The van der Waals surface area contributed by atoms with Crippen LogP contribution in [-0.4, -0.2) is 68.5 Å². The Morgan fingerprint density at radius 2 is 0.718 bits per heavy atom. The van der Waals surface area contributed by atoms with Gasteiger partial charge in [-0.1, -0.05) is 349 Å². The average molecular weight is 1210 g/mol. The van der Waals surface area contributed by atoms with Gasteiger partial charge in [0.25, 0.3) is 7.82 Å². The standard InChI is InChI=1S/C76H141N2O6P/c1-6-8-10-12-14-16-18-20-22-24-26-28-30-32-34-35-36-37-38-39-40-41-42-43-44-46-48-50-52-54-56-58-60-62-64-66-68-70-76(80)77-74(73-84-85(81,82)83-72-71-78(3,4)5)75(79)69-67-65-63-61-59-57-55-53-51-49-47-45-33-31-29-27-25-23-21-19-17-15-13-11-9-7-2/h8,10,14,16,20,22,26,28,32,34,36-37,39-40,74-75,79H,6-7,9,11-13,15,17-19,21,23-25,27,29-31,33,35,38,41-73H2,1-5H3,(H-,77,80,81,82)/b10-8-,16-14-,22-20-,28-26-,34-32-,37-36-,40-39-. The molecule has 2 N–H and O–H groups in total. The molecule has 0 saturated heterocycles. The van der Waals surface area contributed by atoms with Crippen LogP contribution in [0.25, 0.3) is 0 Å². The highest BCUT2D eigenvalue weighted by Gasteiger charge is 2.24. The zero-order chi connectivity index (χ0) is 61.9. The molecule has 0 aliphatic rings. The van der Waals surface area contributed by atoms with Gasteiger partial charge in [-0.3, -0.25) is 9.36 Å². The van der Waals surface area contributed by atoms with Crippen molar-refractivity contribution in [2.45, 2.75) is 353 Å². The molecule has 3 unspecified atom stereocenters. The minimum absolute atomic E-state index is 0.0110. The maximum atomic E-state index is 13.1. The molecule has 496 valence electrons. The minimum Gasteiger partial charge on any atom is -0.756 e. The van der Waals surface area contributed by atoms with Gasteiger partial charge in [0.15, 0.2) is 0 Å². The number of nitrogens with one attached hydrogen (secondary N) is 1. The Hall–Kier alpha value is -2.32. The molecular weight excluding hydrogens is 1070 g/mol. The summed E-state index contributed by atoms with van der Waals surface area (Å²) in [4.78, 5) is 25.7. The number of unbranched alkanes of at least 4 members (excludes halogenated alkanes) is 40. The van der Waals surface area contributed by atoms with Crippen molar-refractivity contribution in [2.75, 3.05) is 40.9 Å². The number of phosphoric ester groups is 1. The SMILES string of the molecule is CC/C=C\C/C=C\C/C=C\C/C=C\C/C=C\C/C=C\C/C=C\CCCCCCCCCCCCCCCCCC(=O)NC(COP(=O)([O-])OCC[N+](C)(C)C)C(O)CCCCCCCCCCCCCCCCCCCCCCCCCCCC. The molecule has 0 rings (SSSR count). The second kappa shape index (κ2) is 66.1. The number of carbonyl (C=O) groups excluding carboxylic acids is 1. The van der Waals surface area contributed by atoms with E-state index >= 15 is 0 Å². The molecule has 0 spiro atoms. The predicted octanol–water partition coefficient (Wildman–Crippen LogP) is 22.9. The van der Waals surface area contributed by atoms with Crippen molar-refractivity contribution in [1.29, 1.82) is 0 Å². The number of aliphatic hydroxyl groups is 1. The molecule has 8 nitrogen and oxygen atoms in total. The summed E-state index contributed by atoms with van der Waals surface area (Å²) in [7, 11) is 1.31. The lowest BCUT2D eigenvalue weighted by molar-refractivity contribution is -0.870. The van der Waals surface area contributed by atoms with Gasteiger partial charge in [0.2, 0.25) is 5.91 Å². The van der Waals surface area contributed by atoms with Gasteiger partial charge in [0.05, 0.1) is 39.9 Å². The van der Waals surface area contributed by atoms with E-state index in [-0.39, 0.29) is 19.1 Å².